The molecule has 0 spiro atoms. The summed E-state index contributed by atoms with van der Waals surface area (Å²) < 4.78 is 5.14. The Morgan fingerprint density at radius 2 is 2.31 bits per heavy atom. The standard InChI is InChI=1S/C12H15N3O/c1-16-8-12(15-13)11-4-2-3-9-7-14-6-5-10(9)11/h2-7,12,15H,8,13H2,1H3. The van der Waals surface area contributed by atoms with E-state index >= 15 is 0 Å². The van der Waals surface area contributed by atoms with Crippen molar-refractivity contribution >= 4 is 10.8 Å². The van der Waals surface area contributed by atoms with Gasteiger partial charge < -0.3 is 4.74 Å². The lowest BCUT2D eigenvalue weighted by Gasteiger charge is -2.17. The van der Waals surface area contributed by atoms with Gasteiger partial charge in [0.25, 0.3) is 0 Å². The van der Waals surface area contributed by atoms with Gasteiger partial charge in [-0.05, 0) is 17.0 Å². The summed E-state index contributed by atoms with van der Waals surface area (Å²) in [5.74, 6) is 5.54. The summed E-state index contributed by atoms with van der Waals surface area (Å²) in [5.41, 5.74) is 3.89. The van der Waals surface area contributed by atoms with Crippen molar-refractivity contribution in [3.63, 3.8) is 0 Å². The van der Waals surface area contributed by atoms with Crippen molar-refractivity contribution in [2.45, 2.75) is 6.04 Å². The van der Waals surface area contributed by atoms with Crippen LogP contribution in [0.4, 0.5) is 0 Å². The second-order valence-electron chi connectivity index (χ2n) is 3.62. The van der Waals surface area contributed by atoms with Crippen LogP contribution >= 0.6 is 0 Å². The summed E-state index contributed by atoms with van der Waals surface area (Å²) in [6, 6.07) is 8.07. The number of ether oxygens (including phenoxy) is 1. The lowest BCUT2D eigenvalue weighted by atomic mass is 10.0. The summed E-state index contributed by atoms with van der Waals surface area (Å²) >= 11 is 0. The van der Waals surface area contributed by atoms with Gasteiger partial charge in [0.05, 0.1) is 12.6 Å². The Kier molecular flexibility index (Phi) is 3.46. The Morgan fingerprint density at radius 1 is 1.44 bits per heavy atom. The van der Waals surface area contributed by atoms with Crippen LogP contribution in [0.1, 0.15) is 11.6 Å². The first kappa shape index (κ1) is 11.0. The third kappa shape index (κ3) is 2.04. The molecule has 0 aliphatic carbocycles. The quantitative estimate of drug-likeness (QED) is 0.600. The predicted octanol–water partition coefficient (Wildman–Crippen LogP) is 1.39. The maximum absolute atomic E-state index is 5.54. The summed E-state index contributed by atoms with van der Waals surface area (Å²) in [5, 5.41) is 2.26. The molecule has 2 aromatic rings. The van der Waals surface area contributed by atoms with Crippen LogP contribution in [0.25, 0.3) is 10.8 Å². The lowest BCUT2D eigenvalue weighted by Crippen LogP contribution is -2.31. The molecule has 0 aliphatic rings. The molecule has 0 radical (unpaired) electrons. The third-order valence-electron chi connectivity index (χ3n) is 2.62. The molecule has 4 nitrogen and oxygen atoms in total. The van der Waals surface area contributed by atoms with Crippen molar-refractivity contribution in [1.82, 2.24) is 10.4 Å². The van der Waals surface area contributed by atoms with Gasteiger partial charge in [0.2, 0.25) is 0 Å². The molecular weight excluding hydrogens is 202 g/mol. The molecule has 0 fully saturated rings. The first-order valence-corrected chi connectivity index (χ1v) is 5.14. The van der Waals surface area contributed by atoms with Gasteiger partial charge in [-0.2, -0.15) is 0 Å². The zero-order valence-corrected chi connectivity index (χ0v) is 9.18. The topological polar surface area (TPSA) is 60.2 Å². The van der Waals surface area contributed by atoms with Crippen LogP contribution in [0.5, 0.6) is 0 Å². The largest absolute Gasteiger partial charge is 0.383 e. The van der Waals surface area contributed by atoms with Gasteiger partial charge >= 0.3 is 0 Å². The number of methoxy groups -OCH3 is 1. The summed E-state index contributed by atoms with van der Waals surface area (Å²) in [4.78, 5) is 4.10. The van der Waals surface area contributed by atoms with Crippen molar-refractivity contribution < 1.29 is 4.74 Å². The predicted molar refractivity (Wildman–Crippen MR) is 63.7 cm³/mol. The van der Waals surface area contributed by atoms with Gasteiger partial charge in [0.1, 0.15) is 0 Å². The average molecular weight is 217 g/mol. The molecule has 1 atom stereocenters. The number of nitrogens with one attached hydrogen (secondary N) is 1. The normalized spacial score (nSPS) is 12.9. The number of rotatable bonds is 4. The number of benzene rings is 1. The van der Waals surface area contributed by atoms with Gasteiger partial charge in [0, 0.05) is 24.9 Å². The summed E-state index contributed by atoms with van der Waals surface area (Å²) in [7, 11) is 1.66. The summed E-state index contributed by atoms with van der Waals surface area (Å²) in [6.07, 6.45) is 3.63. The smallest absolute Gasteiger partial charge is 0.0699 e. The molecule has 84 valence electrons. The van der Waals surface area contributed by atoms with E-state index in [1.807, 2.05) is 30.5 Å². The van der Waals surface area contributed by atoms with E-state index in [9.17, 15) is 0 Å². The molecule has 0 bridgehead atoms. The zero-order chi connectivity index (χ0) is 11.4. The van der Waals surface area contributed by atoms with E-state index in [2.05, 4.69) is 10.4 Å². The lowest BCUT2D eigenvalue weighted by molar-refractivity contribution is 0.168. The molecule has 1 unspecified atom stereocenters. The van der Waals surface area contributed by atoms with E-state index in [0.29, 0.717) is 6.61 Å². The number of hydrogen-bond acceptors (Lipinski definition) is 4. The Morgan fingerprint density at radius 3 is 3.06 bits per heavy atom. The molecular formula is C12H15N3O. The number of fused-ring (bicyclic) bond motifs is 1. The number of nitrogens with zero attached hydrogens (tertiary/aromatic N) is 1. The Bertz CT molecular complexity index is 467. The van der Waals surface area contributed by atoms with E-state index in [1.54, 1.807) is 13.3 Å². The van der Waals surface area contributed by atoms with Crippen LogP contribution < -0.4 is 11.3 Å². The van der Waals surface area contributed by atoms with E-state index in [0.717, 1.165) is 16.3 Å². The fourth-order valence-corrected chi connectivity index (χ4v) is 1.85. The first-order chi connectivity index (χ1) is 7.86. The Balaban J connectivity index is 2.50. The minimum absolute atomic E-state index is 0.00361. The van der Waals surface area contributed by atoms with Crippen LogP contribution in [0.2, 0.25) is 0 Å². The fourth-order valence-electron chi connectivity index (χ4n) is 1.85. The van der Waals surface area contributed by atoms with Gasteiger partial charge in [-0.3, -0.25) is 16.3 Å². The van der Waals surface area contributed by atoms with Gasteiger partial charge in [-0.25, -0.2) is 0 Å². The van der Waals surface area contributed by atoms with Crippen LogP contribution in [0.15, 0.2) is 36.7 Å². The molecule has 0 saturated carbocycles. The molecule has 4 heteroatoms. The van der Waals surface area contributed by atoms with Crippen molar-refractivity contribution in [3.05, 3.63) is 42.2 Å². The van der Waals surface area contributed by atoms with Crippen LogP contribution in [0, 0.1) is 0 Å². The minimum atomic E-state index is -0.00361. The fraction of sp³-hybridized carbons (Fsp3) is 0.250. The molecule has 0 amide bonds. The van der Waals surface area contributed by atoms with Crippen molar-refractivity contribution in [2.24, 2.45) is 5.84 Å². The second-order valence-corrected chi connectivity index (χ2v) is 3.62. The Labute approximate surface area is 94.4 Å². The molecule has 3 N–H and O–H groups in total. The van der Waals surface area contributed by atoms with E-state index in [-0.39, 0.29) is 6.04 Å². The van der Waals surface area contributed by atoms with E-state index < -0.39 is 0 Å². The number of nitrogens with two attached hydrogens (primary N) is 1. The zero-order valence-electron chi connectivity index (χ0n) is 9.18. The molecule has 1 heterocycles. The SMILES string of the molecule is COCC(NN)c1cccc2cnccc12. The molecule has 0 aliphatic heterocycles. The summed E-state index contributed by atoms with van der Waals surface area (Å²) in [6.45, 7) is 0.540. The van der Waals surface area contributed by atoms with Crippen LogP contribution in [0.3, 0.4) is 0 Å². The van der Waals surface area contributed by atoms with E-state index in [1.165, 1.54) is 0 Å². The number of aromatic nitrogens is 1. The van der Waals surface area contributed by atoms with Crippen molar-refractivity contribution in [2.75, 3.05) is 13.7 Å². The maximum Gasteiger partial charge on any atom is 0.0699 e. The van der Waals surface area contributed by atoms with Crippen molar-refractivity contribution in [3.8, 4) is 0 Å². The highest BCUT2D eigenvalue weighted by Crippen LogP contribution is 2.23. The van der Waals surface area contributed by atoms with Crippen LogP contribution in [-0.2, 0) is 4.74 Å². The highest BCUT2D eigenvalue weighted by molar-refractivity contribution is 5.85. The van der Waals surface area contributed by atoms with E-state index in [4.69, 9.17) is 10.6 Å². The molecule has 2 rings (SSSR count). The van der Waals surface area contributed by atoms with Gasteiger partial charge in [0.15, 0.2) is 0 Å². The monoisotopic (exact) mass is 217 g/mol. The van der Waals surface area contributed by atoms with Gasteiger partial charge in [-0.1, -0.05) is 18.2 Å². The highest BCUT2D eigenvalue weighted by atomic mass is 16.5. The number of hydrogen-bond donors (Lipinski definition) is 2. The molecule has 1 aromatic carbocycles. The highest BCUT2D eigenvalue weighted by Gasteiger charge is 2.11. The molecule has 0 saturated heterocycles. The first-order valence-electron chi connectivity index (χ1n) is 5.14. The second kappa shape index (κ2) is 5.03. The minimum Gasteiger partial charge on any atom is -0.383 e. The van der Waals surface area contributed by atoms with Crippen molar-refractivity contribution in [1.29, 1.82) is 0 Å². The third-order valence-corrected chi connectivity index (χ3v) is 2.62. The molecule has 1 aromatic heterocycles. The Hall–Kier alpha value is -1.49. The van der Waals surface area contributed by atoms with Crippen LogP contribution in [-0.4, -0.2) is 18.7 Å². The number of pyridine rings is 1. The number of hydrazine groups is 1. The maximum atomic E-state index is 5.54. The van der Waals surface area contributed by atoms with Gasteiger partial charge in [-0.15, -0.1) is 0 Å². The molecule has 16 heavy (non-hydrogen) atoms. The average Bonchev–Trinajstić information content (AvgIpc) is 2.35.